The molecule has 0 amide bonds. The molecule has 1 nitrogen and oxygen atoms in total. The molecule has 0 aliphatic heterocycles. The van der Waals surface area contributed by atoms with E-state index in [1.54, 1.807) is 0 Å². The first-order valence-electron chi connectivity index (χ1n) is 3.74. The van der Waals surface area contributed by atoms with Crippen LogP contribution in [0.25, 0.3) is 0 Å². The fraction of sp³-hybridized carbons (Fsp3) is 0.667. The van der Waals surface area contributed by atoms with Gasteiger partial charge in [0.25, 0.3) is 0 Å². The van der Waals surface area contributed by atoms with E-state index in [-0.39, 0.29) is 11.7 Å². The summed E-state index contributed by atoms with van der Waals surface area (Å²) in [6.07, 6.45) is 2.37. The lowest BCUT2D eigenvalue weighted by atomic mass is 9.95. The molecule has 0 rings (SSSR count). The van der Waals surface area contributed by atoms with Gasteiger partial charge in [0, 0.05) is 5.92 Å². The van der Waals surface area contributed by atoms with E-state index in [0.717, 1.165) is 6.42 Å². The smallest absolute Gasteiger partial charge is 0.157 e. The summed E-state index contributed by atoms with van der Waals surface area (Å²) in [5, 5.41) is 0. The van der Waals surface area contributed by atoms with Gasteiger partial charge >= 0.3 is 0 Å². The van der Waals surface area contributed by atoms with Crippen molar-refractivity contribution in [2.24, 2.45) is 11.8 Å². The van der Waals surface area contributed by atoms with Gasteiger partial charge in [0.15, 0.2) is 5.78 Å². The molecule has 0 bridgehead atoms. The van der Waals surface area contributed by atoms with Crippen molar-refractivity contribution in [3.63, 3.8) is 0 Å². The molecule has 0 saturated carbocycles. The van der Waals surface area contributed by atoms with Crippen molar-refractivity contribution in [3.05, 3.63) is 12.7 Å². The molecule has 0 aromatic carbocycles. The maximum absolute atomic E-state index is 10.9. The van der Waals surface area contributed by atoms with Crippen molar-refractivity contribution in [2.75, 3.05) is 0 Å². The second-order valence-corrected chi connectivity index (χ2v) is 3.14. The Labute approximate surface area is 63.1 Å². The van der Waals surface area contributed by atoms with Crippen LogP contribution in [0.1, 0.15) is 27.2 Å². The molecule has 1 heteroatoms. The Hall–Kier alpha value is -0.590. The molecule has 0 saturated heterocycles. The van der Waals surface area contributed by atoms with Crippen molar-refractivity contribution in [1.29, 1.82) is 0 Å². The maximum atomic E-state index is 10.9. The molecule has 0 aliphatic carbocycles. The van der Waals surface area contributed by atoms with E-state index in [2.05, 4.69) is 20.4 Å². The first-order valence-corrected chi connectivity index (χ1v) is 3.74. The minimum atomic E-state index is 0.150. The Bertz CT molecular complexity index is 125. The van der Waals surface area contributed by atoms with Gasteiger partial charge in [0.2, 0.25) is 0 Å². The van der Waals surface area contributed by atoms with Crippen LogP contribution in [0.5, 0.6) is 0 Å². The summed E-state index contributed by atoms with van der Waals surface area (Å²) in [7, 11) is 0. The normalized spacial score (nSPS) is 13.2. The molecule has 1 unspecified atom stereocenters. The highest BCUT2D eigenvalue weighted by molar-refractivity contribution is 5.90. The summed E-state index contributed by atoms with van der Waals surface area (Å²) in [6.45, 7) is 9.62. The molecule has 10 heavy (non-hydrogen) atoms. The molecule has 0 heterocycles. The summed E-state index contributed by atoms with van der Waals surface area (Å²) < 4.78 is 0. The van der Waals surface area contributed by atoms with E-state index in [1.165, 1.54) is 6.08 Å². The topological polar surface area (TPSA) is 17.1 Å². The second-order valence-electron chi connectivity index (χ2n) is 3.14. The third-order valence-corrected chi connectivity index (χ3v) is 1.51. The van der Waals surface area contributed by atoms with Crippen LogP contribution in [0, 0.1) is 11.8 Å². The first-order chi connectivity index (χ1) is 4.57. The third kappa shape index (κ3) is 3.44. The molecule has 0 fully saturated rings. The number of rotatable bonds is 4. The van der Waals surface area contributed by atoms with Crippen LogP contribution < -0.4 is 0 Å². The lowest BCUT2D eigenvalue weighted by Crippen LogP contribution is -2.09. The van der Waals surface area contributed by atoms with Crippen LogP contribution in [-0.2, 0) is 4.79 Å². The molecule has 0 radical (unpaired) electrons. The number of carbonyl (C=O) groups is 1. The van der Waals surface area contributed by atoms with Gasteiger partial charge in [-0.25, -0.2) is 0 Å². The fourth-order valence-corrected chi connectivity index (χ4v) is 1.02. The lowest BCUT2D eigenvalue weighted by Gasteiger charge is -2.09. The Morgan fingerprint density at radius 1 is 1.50 bits per heavy atom. The average molecular weight is 140 g/mol. The highest BCUT2D eigenvalue weighted by atomic mass is 16.1. The average Bonchev–Trinajstić information content (AvgIpc) is 1.85. The van der Waals surface area contributed by atoms with E-state index >= 15 is 0 Å². The molecule has 1 atom stereocenters. The van der Waals surface area contributed by atoms with Crippen molar-refractivity contribution in [1.82, 2.24) is 0 Å². The molecule has 0 aromatic rings. The van der Waals surface area contributed by atoms with Crippen molar-refractivity contribution in [3.8, 4) is 0 Å². The van der Waals surface area contributed by atoms with Gasteiger partial charge in [-0.2, -0.15) is 0 Å². The fourth-order valence-electron chi connectivity index (χ4n) is 1.02. The Kier molecular flexibility index (Phi) is 4.01. The zero-order valence-electron chi connectivity index (χ0n) is 7.05. The van der Waals surface area contributed by atoms with Gasteiger partial charge in [-0.15, -0.1) is 0 Å². The first kappa shape index (κ1) is 9.41. The Morgan fingerprint density at radius 2 is 2.00 bits per heavy atom. The van der Waals surface area contributed by atoms with Gasteiger partial charge < -0.3 is 0 Å². The number of hydrogen-bond acceptors (Lipinski definition) is 1. The third-order valence-electron chi connectivity index (χ3n) is 1.51. The van der Waals surface area contributed by atoms with Crippen LogP contribution in [0.15, 0.2) is 12.7 Å². The minimum absolute atomic E-state index is 0.150. The Morgan fingerprint density at radius 3 is 2.30 bits per heavy atom. The molecule has 0 N–H and O–H groups in total. The van der Waals surface area contributed by atoms with Crippen molar-refractivity contribution >= 4 is 5.78 Å². The molecule has 0 aliphatic rings. The van der Waals surface area contributed by atoms with E-state index in [1.807, 2.05) is 6.92 Å². The van der Waals surface area contributed by atoms with E-state index in [9.17, 15) is 4.79 Å². The zero-order chi connectivity index (χ0) is 8.15. The standard InChI is InChI=1S/C9H16O/c1-5-9(10)8(4)6-7(2)3/h5,7-8H,1,6H2,2-4H3. The number of allylic oxidation sites excluding steroid dienone is 1. The number of hydrogen-bond donors (Lipinski definition) is 0. The van der Waals surface area contributed by atoms with Crippen LogP contribution in [0.2, 0.25) is 0 Å². The molecule has 0 aromatic heterocycles. The van der Waals surface area contributed by atoms with E-state index in [4.69, 9.17) is 0 Å². The maximum Gasteiger partial charge on any atom is 0.157 e. The summed E-state index contributed by atoms with van der Waals surface area (Å²) >= 11 is 0. The van der Waals surface area contributed by atoms with Crippen LogP contribution in [0.4, 0.5) is 0 Å². The van der Waals surface area contributed by atoms with Crippen molar-refractivity contribution < 1.29 is 4.79 Å². The largest absolute Gasteiger partial charge is 0.295 e. The molecular formula is C9H16O. The van der Waals surface area contributed by atoms with Crippen LogP contribution in [0.3, 0.4) is 0 Å². The second kappa shape index (κ2) is 4.26. The lowest BCUT2D eigenvalue weighted by molar-refractivity contribution is -0.118. The van der Waals surface area contributed by atoms with Gasteiger partial charge in [0.1, 0.15) is 0 Å². The SMILES string of the molecule is C=CC(=O)C(C)CC(C)C. The van der Waals surface area contributed by atoms with Crippen LogP contribution in [-0.4, -0.2) is 5.78 Å². The summed E-state index contributed by atoms with van der Waals surface area (Å²) in [5.74, 6) is 0.907. The summed E-state index contributed by atoms with van der Waals surface area (Å²) in [5.41, 5.74) is 0. The van der Waals surface area contributed by atoms with Gasteiger partial charge in [-0.1, -0.05) is 27.4 Å². The number of carbonyl (C=O) groups excluding carboxylic acids is 1. The molecular weight excluding hydrogens is 124 g/mol. The molecule has 0 spiro atoms. The molecule has 58 valence electrons. The summed E-state index contributed by atoms with van der Waals surface area (Å²) in [6, 6.07) is 0. The summed E-state index contributed by atoms with van der Waals surface area (Å²) in [4.78, 5) is 10.9. The van der Waals surface area contributed by atoms with Crippen LogP contribution >= 0.6 is 0 Å². The monoisotopic (exact) mass is 140 g/mol. The van der Waals surface area contributed by atoms with E-state index in [0.29, 0.717) is 5.92 Å². The highest BCUT2D eigenvalue weighted by Crippen LogP contribution is 2.11. The highest BCUT2D eigenvalue weighted by Gasteiger charge is 2.10. The van der Waals surface area contributed by atoms with Crippen molar-refractivity contribution in [2.45, 2.75) is 27.2 Å². The van der Waals surface area contributed by atoms with Gasteiger partial charge in [-0.3, -0.25) is 4.79 Å². The van der Waals surface area contributed by atoms with E-state index < -0.39 is 0 Å². The number of ketones is 1. The van der Waals surface area contributed by atoms with Gasteiger partial charge in [-0.05, 0) is 18.4 Å². The quantitative estimate of drug-likeness (QED) is 0.548. The Balaban J connectivity index is 3.72. The zero-order valence-corrected chi connectivity index (χ0v) is 7.05. The predicted octanol–water partition coefficient (Wildman–Crippen LogP) is 2.42. The predicted molar refractivity (Wildman–Crippen MR) is 43.8 cm³/mol. The minimum Gasteiger partial charge on any atom is -0.295 e. The van der Waals surface area contributed by atoms with Gasteiger partial charge in [0.05, 0.1) is 0 Å².